The van der Waals surface area contributed by atoms with Gasteiger partial charge in [0.25, 0.3) is 0 Å². The molecule has 0 amide bonds. The lowest BCUT2D eigenvalue weighted by atomic mass is 10.4. The Morgan fingerprint density at radius 3 is 3.00 bits per heavy atom. The zero-order valence-corrected chi connectivity index (χ0v) is 11.0. The Bertz CT molecular complexity index is 581. The van der Waals surface area contributed by atoms with E-state index in [1.165, 1.54) is 4.68 Å². The fraction of sp³-hybridized carbons (Fsp3) is 0.500. The second-order valence-corrected chi connectivity index (χ2v) is 5.35. The van der Waals surface area contributed by atoms with Crippen LogP contribution in [0.5, 0.6) is 0 Å². The molecule has 5 nitrogen and oxygen atoms in total. The average Bonchev–Trinajstić information content (AvgIpc) is 2.95. The maximum absolute atomic E-state index is 12.3. The first kappa shape index (κ1) is 11.7. The fourth-order valence-corrected chi connectivity index (χ4v) is 2.68. The van der Waals surface area contributed by atoms with Crippen molar-refractivity contribution in [2.24, 2.45) is 0 Å². The van der Waals surface area contributed by atoms with Crippen molar-refractivity contribution in [3.8, 4) is 10.7 Å². The number of ether oxygens (including phenoxy) is 1. The molecule has 0 radical (unpaired) electrons. The van der Waals surface area contributed by atoms with Gasteiger partial charge in [-0.1, -0.05) is 6.07 Å². The van der Waals surface area contributed by atoms with Gasteiger partial charge in [0.15, 0.2) is 5.82 Å². The molecule has 1 saturated carbocycles. The summed E-state index contributed by atoms with van der Waals surface area (Å²) < 4.78 is 8.36. The summed E-state index contributed by atoms with van der Waals surface area (Å²) in [6, 6.07) is 4.33. The molecule has 6 heteroatoms. The van der Waals surface area contributed by atoms with E-state index in [9.17, 15) is 4.79 Å². The minimum atomic E-state index is -0.0158. The largest absolute Gasteiger partial charge is 0.383 e. The van der Waals surface area contributed by atoms with Crippen LogP contribution in [0.4, 0.5) is 0 Å². The summed E-state index contributed by atoms with van der Waals surface area (Å²) in [6.45, 7) is 1.01. The molecular formula is C12H15N3O2S. The first-order chi connectivity index (χ1) is 8.81. The molecule has 2 aromatic heterocycles. The molecule has 2 heterocycles. The Kier molecular flexibility index (Phi) is 3.05. The van der Waals surface area contributed by atoms with Crippen LogP contribution in [-0.4, -0.2) is 28.1 Å². The normalized spacial score (nSPS) is 15.2. The highest BCUT2D eigenvalue weighted by atomic mass is 32.1. The standard InChI is InChI=1S/C12H15N3O2S/c1-17-7-6-14-12(16)15(9-4-5-9)11(13-14)10-3-2-8-18-10/h2-3,8-9H,4-7H2,1H3. The number of thiophene rings is 1. The maximum Gasteiger partial charge on any atom is 0.346 e. The smallest absolute Gasteiger partial charge is 0.346 e. The van der Waals surface area contributed by atoms with Crippen molar-refractivity contribution in [3.63, 3.8) is 0 Å². The summed E-state index contributed by atoms with van der Waals surface area (Å²) in [4.78, 5) is 13.3. The van der Waals surface area contributed by atoms with E-state index in [0.29, 0.717) is 19.2 Å². The molecular weight excluding hydrogens is 250 g/mol. The van der Waals surface area contributed by atoms with Crippen LogP contribution in [0.3, 0.4) is 0 Å². The van der Waals surface area contributed by atoms with Crippen LogP contribution in [0.1, 0.15) is 18.9 Å². The lowest BCUT2D eigenvalue weighted by Gasteiger charge is -1.99. The molecule has 0 aliphatic heterocycles. The molecule has 0 atom stereocenters. The molecule has 3 rings (SSSR count). The van der Waals surface area contributed by atoms with E-state index in [1.54, 1.807) is 18.4 Å². The quantitative estimate of drug-likeness (QED) is 0.827. The van der Waals surface area contributed by atoms with E-state index >= 15 is 0 Å². The van der Waals surface area contributed by atoms with Crippen molar-refractivity contribution >= 4 is 11.3 Å². The van der Waals surface area contributed by atoms with Gasteiger partial charge < -0.3 is 4.74 Å². The lowest BCUT2D eigenvalue weighted by Crippen LogP contribution is -2.26. The number of rotatable bonds is 5. The van der Waals surface area contributed by atoms with E-state index in [0.717, 1.165) is 23.5 Å². The first-order valence-corrected chi connectivity index (χ1v) is 6.91. The summed E-state index contributed by atoms with van der Waals surface area (Å²) in [5.74, 6) is 0.800. The first-order valence-electron chi connectivity index (χ1n) is 6.03. The van der Waals surface area contributed by atoms with Crippen LogP contribution in [0.2, 0.25) is 0 Å². The molecule has 18 heavy (non-hydrogen) atoms. The van der Waals surface area contributed by atoms with Crippen molar-refractivity contribution in [1.82, 2.24) is 14.3 Å². The number of aromatic nitrogens is 3. The molecule has 0 unspecified atom stereocenters. The third-order valence-electron chi connectivity index (χ3n) is 3.03. The highest BCUT2D eigenvalue weighted by molar-refractivity contribution is 7.13. The second kappa shape index (κ2) is 4.70. The Morgan fingerprint density at radius 1 is 1.56 bits per heavy atom. The van der Waals surface area contributed by atoms with Crippen molar-refractivity contribution in [2.75, 3.05) is 13.7 Å². The Labute approximate surface area is 109 Å². The SMILES string of the molecule is COCCn1nc(-c2cccs2)n(C2CC2)c1=O. The highest BCUT2D eigenvalue weighted by Gasteiger charge is 2.30. The van der Waals surface area contributed by atoms with E-state index in [4.69, 9.17) is 4.74 Å². The van der Waals surface area contributed by atoms with Gasteiger partial charge in [-0.25, -0.2) is 9.48 Å². The van der Waals surface area contributed by atoms with Crippen LogP contribution in [0, 0.1) is 0 Å². The van der Waals surface area contributed by atoms with Crippen LogP contribution < -0.4 is 5.69 Å². The Morgan fingerprint density at radius 2 is 2.39 bits per heavy atom. The zero-order chi connectivity index (χ0) is 12.5. The van der Waals surface area contributed by atoms with E-state index in [2.05, 4.69) is 5.10 Å². The third-order valence-corrected chi connectivity index (χ3v) is 3.90. The van der Waals surface area contributed by atoms with E-state index in [-0.39, 0.29) is 5.69 Å². The van der Waals surface area contributed by atoms with Crippen LogP contribution in [-0.2, 0) is 11.3 Å². The molecule has 0 N–H and O–H groups in total. The van der Waals surface area contributed by atoms with Crippen molar-refractivity contribution in [1.29, 1.82) is 0 Å². The highest BCUT2D eigenvalue weighted by Crippen LogP contribution is 2.37. The molecule has 0 saturated heterocycles. The van der Waals surface area contributed by atoms with Gasteiger partial charge in [-0.05, 0) is 24.3 Å². The van der Waals surface area contributed by atoms with Crippen molar-refractivity contribution < 1.29 is 4.74 Å². The van der Waals surface area contributed by atoms with Crippen LogP contribution in [0.25, 0.3) is 10.7 Å². The van der Waals surface area contributed by atoms with Crippen LogP contribution in [0.15, 0.2) is 22.3 Å². The molecule has 0 bridgehead atoms. The topological polar surface area (TPSA) is 49.0 Å². The maximum atomic E-state index is 12.3. The van der Waals surface area contributed by atoms with Gasteiger partial charge in [0.05, 0.1) is 18.0 Å². The van der Waals surface area contributed by atoms with Crippen molar-refractivity contribution in [3.05, 3.63) is 28.0 Å². The van der Waals surface area contributed by atoms with Gasteiger partial charge >= 0.3 is 5.69 Å². The van der Waals surface area contributed by atoms with Crippen LogP contribution >= 0.6 is 11.3 Å². The summed E-state index contributed by atoms with van der Waals surface area (Å²) in [5.41, 5.74) is -0.0158. The summed E-state index contributed by atoms with van der Waals surface area (Å²) >= 11 is 1.61. The summed E-state index contributed by atoms with van der Waals surface area (Å²) in [6.07, 6.45) is 2.16. The molecule has 1 aliphatic rings. The van der Waals surface area contributed by atoms with Gasteiger partial charge in [0, 0.05) is 13.2 Å². The predicted molar refractivity (Wildman–Crippen MR) is 69.9 cm³/mol. The molecule has 0 aromatic carbocycles. The number of hydrogen-bond acceptors (Lipinski definition) is 4. The van der Waals surface area contributed by atoms with Gasteiger partial charge in [-0.2, -0.15) is 0 Å². The second-order valence-electron chi connectivity index (χ2n) is 4.40. The van der Waals surface area contributed by atoms with Gasteiger partial charge in [-0.15, -0.1) is 16.4 Å². The fourth-order valence-electron chi connectivity index (χ4n) is 1.98. The molecule has 0 spiro atoms. The van der Waals surface area contributed by atoms with E-state index < -0.39 is 0 Å². The number of methoxy groups -OCH3 is 1. The molecule has 1 aliphatic carbocycles. The molecule has 1 fully saturated rings. The van der Waals surface area contributed by atoms with Crippen molar-refractivity contribution in [2.45, 2.75) is 25.4 Å². The average molecular weight is 265 g/mol. The number of hydrogen-bond donors (Lipinski definition) is 0. The minimum Gasteiger partial charge on any atom is -0.383 e. The minimum absolute atomic E-state index is 0.0158. The van der Waals surface area contributed by atoms with Gasteiger partial charge in [-0.3, -0.25) is 4.57 Å². The molecule has 96 valence electrons. The Hall–Kier alpha value is -1.40. The van der Waals surface area contributed by atoms with Gasteiger partial charge in [0.1, 0.15) is 0 Å². The summed E-state index contributed by atoms with van der Waals surface area (Å²) in [5, 5.41) is 6.45. The molecule has 2 aromatic rings. The summed E-state index contributed by atoms with van der Waals surface area (Å²) in [7, 11) is 1.63. The predicted octanol–water partition coefficient (Wildman–Crippen LogP) is 1.75. The number of nitrogens with zero attached hydrogens (tertiary/aromatic N) is 3. The monoisotopic (exact) mass is 265 g/mol. The Balaban J connectivity index is 2.04. The van der Waals surface area contributed by atoms with Gasteiger partial charge in [0.2, 0.25) is 0 Å². The lowest BCUT2D eigenvalue weighted by molar-refractivity contribution is 0.182. The zero-order valence-electron chi connectivity index (χ0n) is 10.2. The van der Waals surface area contributed by atoms with E-state index in [1.807, 2.05) is 22.1 Å². The third kappa shape index (κ3) is 2.02.